The van der Waals surface area contributed by atoms with Crippen LogP contribution in [0.1, 0.15) is 27.7 Å². The van der Waals surface area contributed by atoms with Gasteiger partial charge in [0.15, 0.2) is 0 Å². The summed E-state index contributed by atoms with van der Waals surface area (Å²) in [6, 6.07) is 2.03. The molecule has 5 heteroatoms. The van der Waals surface area contributed by atoms with Crippen molar-refractivity contribution < 1.29 is 13.6 Å². The average Bonchev–Trinajstić information content (AvgIpc) is 2.16. The second kappa shape index (κ2) is 7.62. The van der Waals surface area contributed by atoms with Crippen molar-refractivity contribution in [2.24, 2.45) is 5.92 Å². The molecule has 0 saturated carbocycles. The monoisotopic (exact) mass is 245 g/mol. The molecule has 0 amide bonds. The van der Waals surface area contributed by atoms with Crippen molar-refractivity contribution in [1.29, 1.82) is 5.26 Å². The minimum atomic E-state index is -3.14. The first-order valence-corrected chi connectivity index (χ1v) is 7.19. The predicted molar refractivity (Wildman–Crippen MR) is 64.3 cm³/mol. The fourth-order valence-electron chi connectivity index (χ4n) is 1.26. The molecule has 0 aromatic heterocycles. The lowest BCUT2D eigenvalue weighted by Gasteiger charge is -2.16. The first-order chi connectivity index (χ1) is 7.47. The highest BCUT2D eigenvalue weighted by atomic mass is 31.2. The van der Waals surface area contributed by atoms with Gasteiger partial charge in [0.25, 0.3) is 0 Å². The van der Waals surface area contributed by atoms with E-state index in [-0.39, 0.29) is 12.1 Å². The lowest BCUT2D eigenvalue weighted by Crippen LogP contribution is -2.02. The molecule has 0 aliphatic carbocycles. The number of hydrogen-bond acceptors (Lipinski definition) is 4. The van der Waals surface area contributed by atoms with Crippen LogP contribution in [0.2, 0.25) is 0 Å². The van der Waals surface area contributed by atoms with Crippen molar-refractivity contribution in [3.63, 3.8) is 0 Å². The summed E-state index contributed by atoms with van der Waals surface area (Å²) in [7, 11) is -3.14. The fraction of sp³-hybridized carbons (Fsp3) is 0.727. The third kappa shape index (κ3) is 6.07. The van der Waals surface area contributed by atoms with Gasteiger partial charge in [-0.3, -0.25) is 4.57 Å². The van der Waals surface area contributed by atoms with Crippen molar-refractivity contribution in [1.82, 2.24) is 0 Å². The zero-order valence-corrected chi connectivity index (χ0v) is 11.3. The molecule has 0 bridgehead atoms. The second-order valence-corrected chi connectivity index (χ2v) is 5.71. The summed E-state index contributed by atoms with van der Waals surface area (Å²) in [4.78, 5) is 0. The molecule has 4 nitrogen and oxygen atoms in total. The highest BCUT2D eigenvalue weighted by Gasteiger charge is 2.25. The van der Waals surface area contributed by atoms with Crippen LogP contribution in [-0.4, -0.2) is 19.4 Å². The van der Waals surface area contributed by atoms with Gasteiger partial charge in [0.1, 0.15) is 0 Å². The van der Waals surface area contributed by atoms with Crippen molar-refractivity contribution in [3.8, 4) is 6.07 Å². The lowest BCUT2D eigenvalue weighted by molar-refractivity contribution is 0.222. The summed E-state index contributed by atoms with van der Waals surface area (Å²) < 4.78 is 22.4. The topological polar surface area (TPSA) is 59.3 Å². The molecular weight excluding hydrogens is 225 g/mol. The normalized spacial score (nSPS) is 12.9. The zero-order valence-electron chi connectivity index (χ0n) is 10.4. The van der Waals surface area contributed by atoms with Gasteiger partial charge in [0, 0.05) is 5.57 Å². The second-order valence-electron chi connectivity index (χ2n) is 3.65. The first-order valence-electron chi connectivity index (χ1n) is 5.46. The van der Waals surface area contributed by atoms with Gasteiger partial charge < -0.3 is 9.05 Å². The van der Waals surface area contributed by atoms with E-state index in [1.807, 2.05) is 19.9 Å². The maximum Gasteiger partial charge on any atom is 0.335 e. The molecular formula is C11H20NO3P. The Kier molecular flexibility index (Phi) is 7.33. The minimum Gasteiger partial charge on any atom is -0.309 e. The van der Waals surface area contributed by atoms with Gasteiger partial charge in [-0.1, -0.05) is 19.9 Å². The molecule has 0 unspecified atom stereocenters. The third-order valence-electron chi connectivity index (χ3n) is 1.69. The lowest BCUT2D eigenvalue weighted by atomic mass is 10.1. The minimum absolute atomic E-state index is 0.0589. The average molecular weight is 245 g/mol. The Bertz CT molecular complexity index is 308. The number of hydrogen-bond donors (Lipinski definition) is 0. The molecule has 0 N–H and O–H groups in total. The van der Waals surface area contributed by atoms with E-state index in [1.54, 1.807) is 19.9 Å². The Morgan fingerprint density at radius 3 is 2.19 bits per heavy atom. The Hall–Kier alpha value is -0.620. The van der Waals surface area contributed by atoms with Crippen molar-refractivity contribution in [2.45, 2.75) is 27.7 Å². The highest BCUT2D eigenvalue weighted by Crippen LogP contribution is 2.49. The molecule has 0 fully saturated rings. The van der Waals surface area contributed by atoms with E-state index in [4.69, 9.17) is 14.3 Å². The molecule has 0 aromatic rings. The van der Waals surface area contributed by atoms with E-state index >= 15 is 0 Å². The van der Waals surface area contributed by atoms with Crippen molar-refractivity contribution in [3.05, 3.63) is 11.6 Å². The number of nitriles is 1. The molecule has 0 rings (SSSR count). The quantitative estimate of drug-likeness (QED) is 0.509. The molecule has 16 heavy (non-hydrogen) atoms. The van der Waals surface area contributed by atoms with E-state index < -0.39 is 7.60 Å². The molecule has 0 aromatic carbocycles. The van der Waals surface area contributed by atoms with Crippen molar-refractivity contribution in [2.75, 3.05) is 19.4 Å². The van der Waals surface area contributed by atoms with Crippen LogP contribution in [0.3, 0.4) is 0 Å². The summed E-state index contributed by atoms with van der Waals surface area (Å²) in [6.07, 6.45) is 1.84. The fourth-order valence-corrected chi connectivity index (χ4v) is 2.90. The van der Waals surface area contributed by atoms with Crippen LogP contribution < -0.4 is 0 Å². The van der Waals surface area contributed by atoms with E-state index in [0.717, 1.165) is 0 Å². The third-order valence-corrected chi connectivity index (χ3v) is 3.72. The summed E-state index contributed by atoms with van der Waals surface area (Å²) in [6.45, 7) is 8.07. The van der Waals surface area contributed by atoms with Gasteiger partial charge in [0.05, 0.1) is 25.4 Å². The van der Waals surface area contributed by atoms with Gasteiger partial charge in [0.2, 0.25) is 0 Å². The van der Waals surface area contributed by atoms with Crippen LogP contribution in [0.15, 0.2) is 11.6 Å². The molecule has 0 saturated heterocycles. The van der Waals surface area contributed by atoms with Crippen LogP contribution >= 0.6 is 7.60 Å². The molecule has 92 valence electrons. The van der Waals surface area contributed by atoms with Crippen molar-refractivity contribution >= 4 is 7.60 Å². The Balaban J connectivity index is 4.74. The largest absolute Gasteiger partial charge is 0.335 e. The number of allylic oxidation sites excluding steroid dienone is 2. The first kappa shape index (κ1) is 15.4. The van der Waals surface area contributed by atoms with E-state index in [1.165, 1.54) is 0 Å². The van der Waals surface area contributed by atoms with Gasteiger partial charge in [-0.05, 0) is 19.8 Å². The van der Waals surface area contributed by atoms with Gasteiger partial charge in [-0.25, -0.2) is 0 Å². The zero-order chi connectivity index (χ0) is 12.6. The van der Waals surface area contributed by atoms with Crippen LogP contribution in [0.4, 0.5) is 0 Å². The summed E-state index contributed by atoms with van der Waals surface area (Å²) in [5.41, 5.74) is 0.459. The van der Waals surface area contributed by atoms with Gasteiger partial charge in [-0.15, -0.1) is 0 Å². The summed E-state index contributed by atoms with van der Waals surface area (Å²) >= 11 is 0. The van der Waals surface area contributed by atoms with Crippen LogP contribution in [0.5, 0.6) is 0 Å². The Morgan fingerprint density at radius 1 is 1.38 bits per heavy atom. The number of nitrogens with zero attached hydrogens (tertiary/aromatic N) is 1. The molecule has 0 aliphatic rings. The van der Waals surface area contributed by atoms with Crippen LogP contribution in [-0.2, 0) is 13.6 Å². The van der Waals surface area contributed by atoms with E-state index in [9.17, 15) is 4.57 Å². The molecule has 0 atom stereocenters. The van der Waals surface area contributed by atoms with Crippen LogP contribution in [0.25, 0.3) is 0 Å². The SMILES string of the molecule is CCOP(=O)(C/C(C#N)=C/C(C)C)OCC. The Labute approximate surface area is 97.8 Å². The number of rotatable bonds is 7. The summed E-state index contributed by atoms with van der Waals surface area (Å²) in [5.74, 6) is 0.242. The predicted octanol–water partition coefficient (Wildman–Crippen LogP) is 3.36. The standard InChI is InChI=1S/C11H20NO3P/c1-5-14-16(13,15-6-2)9-11(8-12)7-10(3)4/h7,10H,5-6,9H2,1-4H3/b11-7+. The molecule has 0 aliphatic heterocycles. The molecule has 0 radical (unpaired) electrons. The maximum absolute atomic E-state index is 12.1. The maximum atomic E-state index is 12.1. The summed E-state index contributed by atoms with van der Waals surface area (Å²) in [5, 5.41) is 8.92. The van der Waals surface area contributed by atoms with Gasteiger partial charge in [-0.2, -0.15) is 5.26 Å². The van der Waals surface area contributed by atoms with E-state index in [0.29, 0.717) is 18.8 Å². The van der Waals surface area contributed by atoms with Crippen LogP contribution in [0, 0.1) is 17.2 Å². The van der Waals surface area contributed by atoms with E-state index in [2.05, 4.69) is 0 Å². The highest BCUT2D eigenvalue weighted by molar-refractivity contribution is 7.54. The smallest absolute Gasteiger partial charge is 0.309 e. The molecule has 0 heterocycles. The Morgan fingerprint density at radius 2 is 1.88 bits per heavy atom. The molecule has 0 spiro atoms. The van der Waals surface area contributed by atoms with Gasteiger partial charge >= 0.3 is 7.60 Å².